The molecule has 12 heteroatoms. The van der Waals surface area contributed by atoms with Crippen LogP contribution < -0.4 is 21.1 Å². The van der Waals surface area contributed by atoms with E-state index in [-0.39, 0.29) is 36.8 Å². The Morgan fingerprint density at radius 1 is 1.22 bits per heavy atom. The van der Waals surface area contributed by atoms with Crippen LogP contribution in [0.15, 0.2) is 30.6 Å². The van der Waals surface area contributed by atoms with Gasteiger partial charge < -0.3 is 21.1 Å². The summed E-state index contributed by atoms with van der Waals surface area (Å²) in [5.74, 6) is -2.81. The number of hydrogen-bond donors (Lipinski definition) is 3. The predicted octanol–water partition coefficient (Wildman–Crippen LogP) is 1.97. The van der Waals surface area contributed by atoms with E-state index in [1.807, 2.05) is 0 Å². The number of hydrogen-bond acceptors (Lipinski definition) is 6. The summed E-state index contributed by atoms with van der Waals surface area (Å²) in [7, 11) is 0. The number of aromatic nitrogens is 2. The lowest BCUT2D eigenvalue weighted by Gasteiger charge is -2.12. The average molecular weight is 455 g/mol. The molecule has 8 nitrogen and oxygen atoms in total. The molecule has 0 aliphatic carbocycles. The first-order valence-electron chi connectivity index (χ1n) is 9.31. The standard InChI is InChI=1S/C20H21F4N5O3/c1-11-14(7-13-3-4-16(21)17(8-13)32-20(22,23)24)10-28-18(29-11)15(9-25)19(31)27-6-5-26-12(2)30/h3-4,8-10H,5-7,25H2,1-2H3,(H,26,30)(H,27,31)/b15-9+. The summed E-state index contributed by atoms with van der Waals surface area (Å²) in [6, 6.07) is 3.14. The van der Waals surface area contributed by atoms with Gasteiger partial charge in [0, 0.05) is 44.5 Å². The SMILES string of the molecule is CC(=O)NCCNC(=O)/C(=C/N)c1ncc(Cc2ccc(F)c(OC(F)(F)F)c2)c(C)n1. The Labute approximate surface area is 180 Å². The molecule has 2 amide bonds. The van der Waals surface area contributed by atoms with Crippen molar-refractivity contribution in [2.24, 2.45) is 5.73 Å². The van der Waals surface area contributed by atoms with Crippen molar-refractivity contribution in [3.8, 4) is 5.75 Å². The molecule has 1 heterocycles. The number of carbonyl (C=O) groups is 2. The second-order valence-electron chi connectivity index (χ2n) is 6.61. The summed E-state index contributed by atoms with van der Waals surface area (Å²) < 4.78 is 54.6. The summed E-state index contributed by atoms with van der Waals surface area (Å²) in [6.45, 7) is 3.37. The maximum Gasteiger partial charge on any atom is 0.573 e. The number of nitrogens with one attached hydrogen (secondary N) is 2. The van der Waals surface area contributed by atoms with Crippen molar-refractivity contribution in [2.45, 2.75) is 26.6 Å². The molecule has 172 valence electrons. The van der Waals surface area contributed by atoms with E-state index in [2.05, 4.69) is 25.3 Å². The van der Waals surface area contributed by atoms with Crippen molar-refractivity contribution in [1.82, 2.24) is 20.6 Å². The topological polar surface area (TPSA) is 119 Å². The summed E-state index contributed by atoms with van der Waals surface area (Å²) in [4.78, 5) is 31.5. The Balaban J connectivity index is 2.13. The van der Waals surface area contributed by atoms with Crippen LogP contribution in [0, 0.1) is 12.7 Å². The molecule has 0 unspecified atom stereocenters. The highest BCUT2D eigenvalue weighted by atomic mass is 19.4. The molecule has 0 atom stereocenters. The van der Waals surface area contributed by atoms with E-state index in [0.29, 0.717) is 16.8 Å². The van der Waals surface area contributed by atoms with Gasteiger partial charge in [0.2, 0.25) is 5.91 Å². The van der Waals surface area contributed by atoms with Crippen LogP contribution in [0.3, 0.4) is 0 Å². The minimum absolute atomic E-state index is 0.00474. The monoisotopic (exact) mass is 455 g/mol. The van der Waals surface area contributed by atoms with Gasteiger partial charge in [0.25, 0.3) is 5.91 Å². The van der Waals surface area contributed by atoms with Gasteiger partial charge >= 0.3 is 6.36 Å². The van der Waals surface area contributed by atoms with Gasteiger partial charge in [0.15, 0.2) is 17.4 Å². The number of amides is 2. The van der Waals surface area contributed by atoms with Gasteiger partial charge in [-0.1, -0.05) is 6.07 Å². The van der Waals surface area contributed by atoms with Crippen molar-refractivity contribution in [3.05, 3.63) is 59.1 Å². The zero-order chi connectivity index (χ0) is 23.9. The fourth-order valence-electron chi connectivity index (χ4n) is 2.64. The molecular weight excluding hydrogens is 434 g/mol. The first-order chi connectivity index (χ1) is 15.0. The molecule has 0 saturated carbocycles. The summed E-state index contributed by atoms with van der Waals surface area (Å²) >= 11 is 0. The molecular formula is C20H21F4N5O3. The van der Waals surface area contributed by atoms with Crippen LogP contribution in [0.4, 0.5) is 17.6 Å². The van der Waals surface area contributed by atoms with Gasteiger partial charge in [-0.2, -0.15) is 0 Å². The molecule has 0 fully saturated rings. The second-order valence-corrected chi connectivity index (χ2v) is 6.61. The number of aryl methyl sites for hydroxylation is 1. The highest BCUT2D eigenvalue weighted by Gasteiger charge is 2.32. The van der Waals surface area contributed by atoms with Crippen molar-refractivity contribution in [3.63, 3.8) is 0 Å². The smallest absolute Gasteiger partial charge is 0.404 e. The van der Waals surface area contributed by atoms with E-state index in [1.54, 1.807) is 6.92 Å². The number of alkyl halides is 3. The van der Waals surface area contributed by atoms with Crippen molar-refractivity contribution < 1.29 is 31.9 Å². The third-order valence-corrected chi connectivity index (χ3v) is 4.13. The Bertz CT molecular complexity index is 1020. The molecule has 0 bridgehead atoms. The first kappa shape index (κ1) is 24.6. The normalized spacial score (nSPS) is 11.8. The largest absolute Gasteiger partial charge is 0.573 e. The highest BCUT2D eigenvalue weighted by molar-refractivity contribution is 6.18. The molecule has 2 aromatic rings. The van der Waals surface area contributed by atoms with Crippen molar-refractivity contribution >= 4 is 17.4 Å². The molecule has 0 aliphatic rings. The van der Waals surface area contributed by atoms with Gasteiger partial charge in [-0.15, -0.1) is 13.2 Å². The van der Waals surface area contributed by atoms with Crippen molar-refractivity contribution in [2.75, 3.05) is 13.1 Å². The van der Waals surface area contributed by atoms with Gasteiger partial charge in [0.05, 0.1) is 5.57 Å². The van der Waals surface area contributed by atoms with E-state index >= 15 is 0 Å². The van der Waals surface area contributed by atoms with Crippen LogP contribution >= 0.6 is 0 Å². The number of rotatable bonds is 8. The average Bonchev–Trinajstić information content (AvgIpc) is 2.69. The maximum absolute atomic E-state index is 13.6. The summed E-state index contributed by atoms with van der Waals surface area (Å²) in [5, 5.41) is 5.10. The zero-order valence-corrected chi connectivity index (χ0v) is 17.2. The van der Waals surface area contributed by atoms with Crippen LogP contribution in [0.25, 0.3) is 5.57 Å². The van der Waals surface area contributed by atoms with Crippen LogP contribution in [0.2, 0.25) is 0 Å². The Hall–Kier alpha value is -3.70. The van der Waals surface area contributed by atoms with Crippen LogP contribution in [0.5, 0.6) is 5.75 Å². The molecule has 2 rings (SSSR count). The van der Waals surface area contributed by atoms with Gasteiger partial charge in [-0.25, -0.2) is 14.4 Å². The minimum Gasteiger partial charge on any atom is -0.404 e. The number of nitrogens with two attached hydrogens (primary N) is 1. The van der Waals surface area contributed by atoms with Crippen molar-refractivity contribution in [1.29, 1.82) is 0 Å². The van der Waals surface area contributed by atoms with E-state index in [4.69, 9.17) is 5.73 Å². The Kier molecular flexibility index (Phi) is 8.10. The highest BCUT2D eigenvalue weighted by Crippen LogP contribution is 2.27. The number of ether oxygens (including phenoxy) is 1. The molecule has 0 saturated heterocycles. The maximum atomic E-state index is 13.6. The van der Waals surface area contributed by atoms with Gasteiger partial charge in [-0.3, -0.25) is 9.59 Å². The predicted molar refractivity (Wildman–Crippen MR) is 107 cm³/mol. The zero-order valence-electron chi connectivity index (χ0n) is 17.2. The fourth-order valence-corrected chi connectivity index (χ4v) is 2.64. The van der Waals surface area contributed by atoms with E-state index in [1.165, 1.54) is 19.2 Å². The van der Waals surface area contributed by atoms with E-state index < -0.39 is 23.8 Å². The van der Waals surface area contributed by atoms with E-state index in [0.717, 1.165) is 18.3 Å². The number of halogens is 4. The Morgan fingerprint density at radius 3 is 2.50 bits per heavy atom. The van der Waals surface area contributed by atoms with Crippen LogP contribution in [0.1, 0.15) is 29.6 Å². The lowest BCUT2D eigenvalue weighted by atomic mass is 10.0. The van der Waals surface area contributed by atoms with E-state index in [9.17, 15) is 27.2 Å². The lowest BCUT2D eigenvalue weighted by molar-refractivity contribution is -0.275. The molecule has 1 aromatic carbocycles. The number of benzene rings is 1. The van der Waals surface area contributed by atoms with Crippen LogP contribution in [-0.2, 0) is 16.0 Å². The molecule has 1 aromatic heterocycles. The molecule has 32 heavy (non-hydrogen) atoms. The minimum atomic E-state index is -5.02. The second kappa shape index (κ2) is 10.6. The van der Waals surface area contributed by atoms with Crippen LogP contribution in [-0.4, -0.2) is 41.2 Å². The number of nitrogens with zero attached hydrogens (tertiary/aromatic N) is 2. The summed E-state index contributed by atoms with van der Waals surface area (Å²) in [6.07, 6.45) is -2.47. The van der Waals surface area contributed by atoms with Gasteiger partial charge in [-0.05, 0) is 30.2 Å². The first-order valence-corrected chi connectivity index (χ1v) is 9.31. The lowest BCUT2D eigenvalue weighted by Crippen LogP contribution is -2.34. The fraction of sp³-hybridized carbons (Fsp3) is 0.300. The molecule has 0 radical (unpaired) electrons. The molecule has 4 N–H and O–H groups in total. The Morgan fingerprint density at radius 2 is 1.91 bits per heavy atom. The number of carbonyl (C=O) groups excluding carboxylic acids is 2. The third-order valence-electron chi connectivity index (χ3n) is 4.13. The molecule has 0 aliphatic heterocycles. The third kappa shape index (κ3) is 7.22. The van der Waals surface area contributed by atoms with Gasteiger partial charge in [0.1, 0.15) is 0 Å². The summed E-state index contributed by atoms with van der Waals surface area (Å²) in [5.41, 5.74) is 6.87. The quantitative estimate of drug-likeness (QED) is 0.318. The molecule has 0 spiro atoms.